The Bertz CT molecular complexity index is 494. The van der Waals surface area contributed by atoms with Crippen molar-refractivity contribution in [1.82, 2.24) is 0 Å². The number of hydrogen-bond acceptors (Lipinski definition) is 0. The van der Waals surface area contributed by atoms with Gasteiger partial charge in [-0.2, -0.15) is 26.3 Å². The fourth-order valence-electron chi connectivity index (χ4n) is 1.19. The van der Waals surface area contributed by atoms with Crippen molar-refractivity contribution < 1.29 is 26.3 Å². The third kappa shape index (κ3) is 5.32. The molecule has 0 radical (unpaired) electrons. The summed E-state index contributed by atoms with van der Waals surface area (Å²) in [6.45, 7) is 0. The molecule has 0 aromatic heterocycles. The van der Waals surface area contributed by atoms with Gasteiger partial charge < -0.3 is 0 Å². The van der Waals surface area contributed by atoms with Gasteiger partial charge in [0, 0.05) is 0 Å². The zero-order valence-corrected chi connectivity index (χ0v) is 12.7. The van der Waals surface area contributed by atoms with E-state index in [1.807, 2.05) is 0 Å². The molecule has 0 amide bonds. The highest BCUT2D eigenvalue weighted by Crippen LogP contribution is 2.33. The Labute approximate surface area is 127 Å². The molecule has 8 heteroatoms. The molecule has 0 aliphatic heterocycles. The maximum absolute atomic E-state index is 12.3. The zero-order valence-electron chi connectivity index (χ0n) is 9.49. The van der Waals surface area contributed by atoms with Crippen LogP contribution in [-0.4, -0.2) is 12.4 Å². The van der Waals surface area contributed by atoms with E-state index in [-0.39, 0.29) is 11.1 Å². The van der Waals surface area contributed by atoms with Crippen LogP contribution in [0.15, 0.2) is 33.2 Å². The molecule has 20 heavy (non-hydrogen) atoms. The quantitative estimate of drug-likeness (QED) is 0.491. The maximum atomic E-state index is 12.3. The van der Waals surface area contributed by atoms with Crippen LogP contribution in [0.5, 0.6) is 0 Å². The molecular weight excluding hydrogens is 418 g/mol. The summed E-state index contributed by atoms with van der Waals surface area (Å²) in [6.07, 6.45) is -7.51. The molecule has 0 heterocycles. The normalized spacial score (nSPS) is 14.6. The first-order chi connectivity index (χ1) is 9.00. The minimum atomic E-state index is -4.54. The highest BCUT2D eigenvalue weighted by molar-refractivity contribution is 9.12. The standard InChI is InChI=1S/C12H6Br2F6/c13-9(11(15,16)17)5-7-2-1-3-8(4-7)6-10(14)12(18,19)20/h1-6H/b9-5-,10-6-. The molecule has 0 unspecified atom stereocenters. The van der Waals surface area contributed by atoms with Gasteiger partial charge in [0.25, 0.3) is 0 Å². The lowest BCUT2D eigenvalue weighted by Crippen LogP contribution is -2.06. The SMILES string of the molecule is FC(F)(F)/C(Br)=C/c1cccc(/C=C(\Br)C(F)(F)F)c1. The van der Waals surface area contributed by atoms with Gasteiger partial charge in [-0.05, 0) is 61.2 Å². The number of benzene rings is 1. The second-order valence-corrected chi connectivity index (χ2v) is 5.36. The molecule has 0 nitrogen and oxygen atoms in total. The number of allylic oxidation sites excluding steroid dienone is 2. The highest BCUT2D eigenvalue weighted by atomic mass is 79.9. The monoisotopic (exact) mass is 422 g/mol. The van der Waals surface area contributed by atoms with E-state index in [1.165, 1.54) is 24.3 Å². The molecule has 0 saturated heterocycles. The van der Waals surface area contributed by atoms with Crippen LogP contribution in [0.3, 0.4) is 0 Å². The molecule has 1 rings (SSSR count). The van der Waals surface area contributed by atoms with E-state index in [2.05, 4.69) is 31.9 Å². The fourth-order valence-corrected chi connectivity index (χ4v) is 1.72. The largest absolute Gasteiger partial charge is 0.422 e. The van der Waals surface area contributed by atoms with Gasteiger partial charge in [-0.1, -0.05) is 18.2 Å². The van der Waals surface area contributed by atoms with Gasteiger partial charge in [0.15, 0.2) is 0 Å². The number of hydrogen-bond donors (Lipinski definition) is 0. The minimum absolute atomic E-state index is 0.130. The molecule has 0 saturated carbocycles. The lowest BCUT2D eigenvalue weighted by atomic mass is 10.1. The van der Waals surface area contributed by atoms with Crippen LogP contribution in [0, 0.1) is 0 Å². The van der Waals surface area contributed by atoms with Gasteiger partial charge in [-0.15, -0.1) is 0 Å². The van der Waals surface area contributed by atoms with Crippen molar-refractivity contribution >= 4 is 44.0 Å². The summed E-state index contributed by atoms with van der Waals surface area (Å²) in [5, 5.41) is 0. The molecule has 0 spiro atoms. The Morgan fingerprint density at radius 2 is 1.15 bits per heavy atom. The zero-order chi connectivity index (χ0) is 15.6. The van der Waals surface area contributed by atoms with Crippen LogP contribution in [0.1, 0.15) is 11.1 Å². The average Bonchev–Trinajstić information content (AvgIpc) is 2.26. The van der Waals surface area contributed by atoms with E-state index in [0.717, 1.165) is 12.2 Å². The first kappa shape index (κ1) is 17.3. The van der Waals surface area contributed by atoms with Gasteiger partial charge in [-0.25, -0.2) is 0 Å². The summed E-state index contributed by atoms with van der Waals surface area (Å²) in [4.78, 5) is 0. The molecule has 0 atom stereocenters. The van der Waals surface area contributed by atoms with Crippen molar-refractivity contribution in [3.8, 4) is 0 Å². The molecule has 1 aromatic rings. The Morgan fingerprint density at radius 3 is 1.45 bits per heavy atom. The van der Waals surface area contributed by atoms with Crippen LogP contribution in [0.2, 0.25) is 0 Å². The highest BCUT2D eigenvalue weighted by Gasteiger charge is 2.32. The Hall–Kier alpha value is -0.760. The minimum Gasteiger partial charge on any atom is -0.166 e. The summed E-state index contributed by atoms with van der Waals surface area (Å²) in [6, 6.07) is 5.28. The van der Waals surface area contributed by atoms with Crippen LogP contribution in [0.4, 0.5) is 26.3 Å². The third-order valence-corrected chi connectivity index (χ3v) is 3.40. The van der Waals surface area contributed by atoms with E-state index in [0.29, 0.717) is 0 Å². The summed E-state index contributed by atoms with van der Waals surface area (Å²) < 4.78 is 71.9. The van der Waals surface area contributed by atoms with Crippen LogP contribution in [-0.2, 0) is 0 Å². The van der Waals surface area contributed by atoms with Crippen LogP contribution < -0.4 is 0 Å². The van der Waals surface area contributed by atoms with Crippen molar-refractivity contribution in [2.45, 2.75) is 12.4 Å². The molecule has 0 aliphatic rings. The predicted octanol–water partition coefficient (Wildman–Crippen LogP) is 6.28. The Balaban J connectivity index is 3.10. The molecule has 0 N–H and O–H groups in total. The van der Waals surface area contributed by atoms with Gasteiger partial charge in [0.2, 0.25) is 0 Å². The molecule has 110 valence electrons. The van der Waals surface area contributed by atoms with E-state index in [9.17, 15) is 26.3 Å². The summed E-state index contributed by atoms with van der Waals surface area (Å²) in [5.74, 6) is 0. The molecule has 1 aromatic carbocycles. The van der Waals surface area contributed by atoms with Crippen molar-refractivity contribution in [2.75, 3.05) is 0 Å². The van der Waals surface area contributed by atoms with Gasteiger partial charge in [0.05, 0.1) is 8.96 Å². The van der Waals surface area contributed by atoms with Gasteiger partial charge in [0.1, 0.15) is 0 Å². The summed E-state index contributed by atoms with van der Waals surface area (Å²) in [5.41, 5.74) is 0.260. The third-order valence-electron chi connectivity index (χ3n) is 2.04. The first-order valence-electron chi connectivity index (χ1n) is 4.99. The van der Waals surface area contributed by atoms with Crippen molar-refractivity contribution in [1.29, 1.82) is 0 Å². The van der Waals surface area contributed by atoms with Crippen molar-refractivity contribution in [2.24, 2.45) is 0 Å². The van der Waals surface area contributed by atoms with E-state index in [4.69, 9.17) is 0 Å². The molecular formula is C12H6Br2F6. The maximum Gasteiger partial charge on any atom is 0.422 e. The fraction of sp³-hybridized carbons (Fsp3) is 0.167. The second-order valence-electron chi connectivity index (χ2n) is 3.65. The van der Waals surface area contributed by atoms with Gasteiger partial charge in [-0.3, -0.25) is 0 Å². The molecule has 0 fully saturated rings. The molecule has 0 aliphatic carbocycles. The Morgan fingerprint density at radius 1 is 0.800 bits per heavy atom. The molecule has 0 bridgehead atoms. The average molecular weight is 424 g/mol. The lowest BCUT2D eigenvalue weighted by molar-refractivity contribution is -0.0829. The summed E-state index contributed by atoms with van der Waals surface area (Å²) in [7, 11) is 0. The lowest BCUT2D eigenvalue weighted by Gasteiger charge is -2.06. The van der Waals surface area contributed by atoms with E-state index < -0.39 is 21.3 Å². The van der Waals surface area contributed by atoms with Crippen LogP contribution in [0.25, 0.3) is 12.2 Å². The predicted molar refractivity (Wildman–Crippen MR) is 72.4 cm³/mol. The van der Waals surface area contributed by atoms with E-state index in [1.54, 1.807) is 0 Å². The number of halogens is 8. The van der Waals surface area contributed by atoms with Crippen molar-refractivity contribution in [3.05, 3.63) is 44.4 Å². The Kier molecular flexibility index (Phi) is 5.48. The number of rotatable bonds is 2. The van der Waals surface area contributed by atoms with Gasteiger partial charge >= 0.3 is 12.4 Å². The topological polar surface area (TPSA) is 0 Å². The van der Waals surface area contributed by atoms with Crippen LogP contribution >= 0.6 is 31.9 Å². The first-order valence-corrected chi connectivity index (χ1v) is 6.57. The van der Waals surface area contributed by atoms with E-state index >= 15 is 0 Å². The second kappa shape index (κ2) is 6.34. The smallest absolute Gasteiger partial charge is 0.166 e. The summed E-state index contributed by atoms with van der Waals surface area (Å²) >= 11 is 4.75. The van der Waals surface area contributed by atoms with Crippen molar-refractivity contribution in [3.63, 3.8) is 0 Å². The number of alkyl halides is 6.